The lowest BCUT2D eigenvalue weighted by Crippen LogP contribution is -2.26. The van der Waals surface area contributed by atoms with Crippen molar-refractivity contribution in [1.82, 2.24) is 4.72 Å². The Kier molecular flexibility index (Phi) is 4.36. The van der Waals surface area contributed by atoms with Crippen molar-refractivity contribution >= 4 is 21.6 Å². The lowest BCUT2D eigenvalue weighted by atomic mass is 10.1. The minimum Gasteiger partial charge on any atom is -0.207 e. The van der Waals surface area contributed by atoms with Gasteiger partial charge in [0.05, 0.1) is 4.90 Å². The zero-order valence-electron chi connectivity index (χ0n) is 10.2. The maximum absolute atomic E-state index is 12.1. The van der Waals surface area contributed by atoms with Crippen LogP contribution in [0.4, 0.5) is 0 Å². The molecule has 0 saturated heterocycles. The maximum Gasteiger partial charge on any atom is 0.241 e. The van der Waals surface area contributed by atoms with E-state index in [2.05, 4.69) is 11.3 Å². The third-order valence-corrected chi connectivity index (χ3v) is 4.17. The van der Waals surface area contributed by atoms with Crippen LogP contribution in [0.2, 0.25) is 0 Å². The third-order valence-electron chi connectivity index (χ3n) is 2.33. The summed E-state index contributed by atoms with van der Waals surface area (Å²) in [7, 11) is -3.53. The second kappa shape index (κ2) is 5.21. The first kappa shape index (κ1) is 14.2. The van der Waals surface area contributed by atoms with Gasteiger partial charge in [0, 0.05) is 11.6 Å². The van der Waals surface area contributed by atoms with Crippen LogP contribution in [0.3, 0.4) is 0 Å². The molecule has 0 bridgehead atoms. The van der Waals surface area contributed by atoms with Gasteiger partial charge in [-0.1, -0.05) is 35.9 Å². The molecule has 0 saturated carbocycles. The first-order valence-electron chi connectivity index (χ1n) is 5.15. The van der Waals surface area contributed by atoms with E-state index in [4.69, 9.17) is 11.6 Å². The summed E-state index contributed by atoms with van der Waals surface area (Å²) < 4.78 is 26.6. The second-order valence-electron chi connectivity index (χ2n) is 4.07. The normalized spacial score (nSPS) is 11.5. The molecule has 0 fully saturated rings. The Labute approximate surface area is 108 Å². The first-order chi connectivity index (χ1) is 7.74. The maximum atomic E-state index is 12.1. The van der Waals surface area contributed by atoms with Gasteiger partial charge in [0.1, 0.15) is 0 Å². The summed E-state index contributed by atoms with van der Waals surface area (Å²) in [6.45, 7) is 8.99. The lowest BCUT2D eigenvalue weighted by molar-refractivity contribution is 0.584. The molecule has 0 atom stereocenters. The van der Waals surface area contributed by atoms with E-state index in [-0.39, 0.29) is 11.6 Å². The summed E-state index contributed by atoms with van der Waals surface area (Å²) in [5, 5.41) is 0.260. The van der Waals surface area contributed by atoms with Crippen LogP contribution < -0.4 is 4.72 Å². The van der Waals surface area contributed by atoms with Crippen LogP contribution in [0.5, 0.6) is 0 Å². The van der Waals surface area contributed by atoms with Crippen molar-refractivity contribution < 1.29 is 8.42 Å². The van der Waals surface area contributed by atoms with E-state index >= 15 is 0 Å². The Bertz CT molecular complexity index is 527. The molecule has 0 aromatic heterocycles. The highest BCUT2D eigenvalue weighted by atomic mass is 35.5. The van der Waals surface area contributed by atoms with E-state index in [9.17, 15) is 8.42 Å². The van der Waals surface area contributed by atoms with Crippen molar-refractivity contribution in [3.8, 4) is 0 Å². The van der Waals surface area contributed by atoms with E-state index in [1.165, 1.54) is 0 Å². The molecule has 3 nitrogen and oxygen atoms in total. The van der Waals surface area contributed by atoms with E-state index < -0.39 is 10.0 Å². The van der Waals surface area contributed by atoms with Gasteiger partial charge in [-0.15, -0.1) is 0 Å². The van der Waals surface area contributed by atoms with Crippen molar-refractivity contribution in [2.75, 3.05) is 6.54 Å². The molecule has 0 spiro atoms. The molecule has 0 aliphatic rings. The predicted molar refractivity (Wildman–Crippen MR) is 70.8 cm³/mol. The molecule has 0 unspecified atom stereocenters. The van der Waals surface area contributed by atoms with Gasteiger partial charge in [0.25, 0.3) is 0 Å². The van der Waals surface area contributed by atoms with Gasteiger partial charge >= 0.3 is 0 Å². The standard InChI is InChI=1S/C12H16ClNO2S/c1-8-5-9(2)12(10(3)6-8)17(15,16)14-7-11(4)13/h5-6,14H,4,7H2,1-3H3. The van der Waals surface area contributed by atoms with E-state index in [1.807, 2.05) is 19.1 Å². The highest BCUT2D eigenvalue weighted by Gasteiger charge is 2.19. The van der Waals surface area contributed by atoms with Crippen LogP contribution in [-0.2, 0) is 10.0 Å². The summed E-state index contributed by atoms with van der Waals surface area (Å²) in [6, 6.07) is 3.69. The molecule has 1 rings (SSSR count). The molecule has 1 aromatic carbocycles. The molecular formula is C12H16ClNO2S. The molecule has 1 N–H and O–H groups in total. The molecular weight excluding hydrogens is 258 g/mol. The Hall–Kier alpha value is -0.840. The first-order valence-corrected chi connectivity index (χ1v) is 7.01. The van der Waals surface area contributed by atoms with Crippen molar-refractivity contribution in [3.63, 3.8) is 0 Å². The van der Waals surface area contributed by atoms with Crippen LogP contribution in [0.25, 0.3) is 0 Å². The minimum atomic E-state index is -3.53. The molecule has 0 aliphatic carbocycles. The largest absolute Gasteiger partial charge is 0.241 e. The Morgan fingerprint density at radius 2 is 1.76 bits per heavy atom. The van der Waals surface area contributed by atoms with Gasteiger partial charge in [0.2, 0.25) is 10.0 Å². The zero-order valence-corrected chi connectivity index (χ0v) is 11.7. The van der Waals surface area contributed by atoms with Crippen molar-refractivity contribution in [2.45, 2.75) is 25.7 Å². The van der Waals surface area contributed by atoms with Gasteiger partial charge < -0.3 is 0 Å². The van der Waals surface area contributed by atoms with Gasteiger partial charge in [0.15, 0.2) is 0 Å². The summed E-state index contributed by atoms with van der Waals surface area (Å²) >= 11 is 5.55. The fraction of sp³-hybridized carbons (Fsp3) is 0.333. The molecule has 0 radical (unpaired) electrons. The number of nitrogens with one attached hydrogen (secondary N) is 1. The molecule has 17 heavy (non-hydrogen) atoms. The van der Waals surface area contributed by atoms with E-state index in [0.29, 0.717) is 4.90 Å². The van der Waals surface area contributed by atoms with Gasteiger partial charge in [-0.3, -0.25) is 0 Å². The summed E-state index contributed by atoms with van der Waals surface area (Å²) in [6.07, 6.45) is 0. The second-order valence-corrected chi connectivity index (χ2v) is 6.31. The number of halogens is 1. The third kappa shape index (κ3) is 3.56. The lowest BCUT2D eigenvalue weighted by Gasteiger charge is -2.12. The van der Waals surface area contributed by atoms with Gasteiger partial charge in [-0.2, -0.15) is 0 Å². The number of sulfonamides is 1. The summed E-state index contributed by atoms with van der Waals surface area (Å²) in [5.74, 6) is 0. The number of hydrogen-bond acceptors (Lipinski definition) is 2. The summed E-state index contributed by atoms with van der Waals surface area (Å²) in [5.41, 5.74) is 2.51. The predicted octanol–water partition coefficient (Wildman–Crippen LogP) is 2.64. The van der Waals surface area contributed by atoms with E-state index in [0.717, 1.165) is 16.7 Å². The minimum absolute atomic E-state index is 0.0383. The van der Waals surface area contributed by atoms with E-state index in [1.54, 1.807) is 13.8 Å². The van der Waals surface area contributed by atoms with Crippen LogP contribution in [0, 0.1) is 20.8 Å². The van der Waals surface area contributed by atoms with Crippen LogP contribution in [0.15, 0.2) is 28.6 Å². The fourth-order valence-electron chi connectivity index (χ4n) is 1.84. The van der Waals surface area contributed by atoms with Crippen molar-refractivity contribution in [2.24, 2.45) is 0 Å². The smallest absolute Gasteiger partial charge is 0.207 e. The van der Waals surface area contributed by atoms with Gasteiger partial charge in [-0.05, 0) is 31.9 Å². The van der Waals surface area contributed by atoms with Gasteiger partial charge in [-0.25, -0.2) is 13.1 Å². The monoisotopic (exact) mass is 273 g/mol. The van der Waals surface area contributed by atoms with Crippen molar-refractivity contribution in [3.05, 3.63) is 40.4 Å². The summed E-state index contributed by atoms with van der Waals surface area (Å²) in [4.78, 5) is 0.320. The highest BCUT2D eigenvalue weighted by molar-refractivity contribution is 7.89. The Morgan fingerprint density at radius 3 is 2.18 bits per heavy atom. The van der Waals surface area contributed by atoms with Crippen LogP contribution >= 0.6 is 11.6 Å². The Balaban J connectivity index is 3.20. The average Bonchev–Trinajstić information content (AvgIpc) is 2.12. The number of rotatable bonds is 4. The zero-order chi connectivity index (χ0) is 13.2. The number of aryl methyl sites for hydroxylation is 3. The Morgan fingerprint density at radius 1 is 1.29 bits per heavy atom. The molecule has 0 heterocycles. The van der Waals surface area contributed by atoms with Crippen molar-refractivity contribution in [1.29, 1.82) is 0 Å². The van der Waals surface area contributed by atoms with Crippen LogP contribution in [-0.4, -0.2) is 15.0 Å². The fourth-order valence-corrected chi connectivity index (χ4v) is 3.46. The number of benzene rings is 1. The number of hydrogen-bond donors (Lipinski definition) is 1. The molecule has 5 heteroatoms. The average molecular weight is 274 g/mol. The molecule has 1 aromatic rings. The molecule has 0 amide bonds. The SMILES string of the molecule is C=C(Cl)CNS(=O)(=O)c1c(C)cc(C)cc1C. The highest BCUT2D eigenvalue weighted by Crippen LogP contribution is 2.21. The topological polar surface area (TPSA) is 46.2 Å². The van der Waals surface area contributed by atoms with Crippen LogP contribution in [0.1, 0.15) is 16.7 Å². The molecule has 94 valence electrons. The molecule has 0 aliphatic heterocycles. The quantitative estimate of drug-likeness (QED) is 0.917.